The summed E-state index contributed by atoms with van der Waals surface area (Å²) < 4.78 is 0. The molecular formula is C17H25N3O. The van der Waals surface area contributed by atoms with E-state index in [0.717, 1.165) is 45.2 Å². The van der Waals surface area contributed by atoms with E-state index in [1.807, 2.05) is 4.90 Å². The number of anilines is 1. The van der Waals surface area contributed by atoms with Gasteiger partial charge in [0.2, 0.25) is 5.91 Å². The molecule has 1 amide bonds. The normalized spacial score (nSPS) is 19.5. The fourth-order valence-electron chi connectivity index (χ4n) is 2.98. The Morgan fingerprint density at radius 2 is 2.00 bits per heavy atom. The van der Waals surface area contributed by atoms with Crippen molar-refractivity contribution in [3.05, 3.63) is 29.8 Å². The molecule has 1 aromatic rings. The molecule has 1 aliphatic heterocycles. The third-order valence-electron chi connectivity index (χ3n) is 4.43. The predicted molar refractivity (Wildman–Crippen MR) is 85.4 cm³/mol. The van der Waals surface area contributed by atoms with Crippen LogP contribution in [0.4, 0.5) is 5.69 Å². The van der Waals surface area contributed by atoms with Crippen LogP contribution >= 0.6 is 0 Å². The number of hydrogen-bond donors (Lipinski definition) is 1. The maximum atomic E-state index is 11.5. The van der Waals surface area contributed by atoms with Crippen molar-refractivity contribution in [3.8, 4) is 0 Å². The Kier molecular flexibility index (Phi) is 4.44. The SMILES string of the molecule is CC(=O)N1CCCN(c2ccccc2CNC2CC2)CC1. The summed E-state index contributed by atoms with van der Waals surface area (Å²) in [6.45, 7) is 6.30. The lowest BCUT2D eigenvalue weighted by Gasteiger charge is -2.26. The lowest BCUT2D eigenvalue weighted by Crippen LogP contribution is -2.34. The third kappa shape index (κ3) is 3.76. The van der Waals surface area contributed by atoms with Crippen molar-refractivity contribution in [2.75, 3.05) is 31.1 Å². The Morgan fingerprint density at radius 3 is 2.76 bits per heavy atom. The Bertz CT molecular complexity index is 499. The first-order valence-electron chi connectivity index (χ1n) is 8.06. The molecule has 1 aromatic carbocycles. The molecule has 4 nitrogen and oxygen atoms in total. The first kappa shape index (κ1) is 14.4. The summed E-state index contributed by atoms with van der Waals surface area (Å²) in [6, 6.07) is 9.40. The average Bonchev–Trinajstić information content (AvgIpc) is 3.32. The van der Waals surface area contributed by atoms with Crippen LogP contribution < -0.4 is 10.2 Å². The number of nitrogens with one attached hydrogen (secondary N) is 1. The molecule has 0 aromatic heterocycles. The first-order chi connectivity index (χ1) is 10.2. The van der Waals surface area contributed by atoms with E-state index in [9.17, 15) is 4.79 Å². The number of rotatable bonds is 4. The van der Waals surface area contributed by atoms with E-state index in [0.29, 0.717) is 0 Å². The van der Waals surface area contributed by atoms with Gasteiger partial charge in [-0.2, -0.15) is 0 Å². The standard InChI is InChI=1S/C17H25N3O/c1-14(21)19-9-4-10-20(12-11-19)17-6-3-2-5-15(17)13-18-16-7-8-16/h2-3,5-6,16,18H,4,7-13H2,1H3. The predicted octanol–water partition coefficient (Wildman–Crippen LogP) is 2.00. The molecule has 1 aliphatic carbocycles. The van der Waals surface area contributed by atoms with Crippen LogP contribution in [0.15, 0.2) is 24.3 Å². The highest BCUT2D eigenvalue weighted by atomic mass is 16.2. The highest BCUT2D eigenvalue weighted by Crippen LogP contribution is 2.24. The van der Waals surface area contributed by atoms with Gasteiger partial charge >= 0.3 is 0 Å². The average molecular weight is 287 g/mol. The van der Waals surface area contributed by atoms with Crippen molar-refractivity contribution in [3.63, 3.8) is 0 Å². The van der Waals surface area contributed by atoms with Crippen LogP contribution in [0.5, 0.6) is 0 Å². The Balaban J connectivity index is 1.68. The zero-order valence-electron chi connectivity index (χ0n) is 12.8. The summed E-state index contributed by atoms with van der Waals surface area (Å²) >= 11 is 0. The molecule has 1 N–H and O–H groups in total. The van der Waals surface area contributed by atoms with E-state index in [4.69, 9.17) is 0 Å². The molecule has 1 saturated carbocycles. The van der Waals surface area contributed by atoms with Crippen molar-refractivity contribution < 1.29 is 4.79 Å². The second-order valence-corrected chi connectivity index (χ2v) is 6.13. The van der Waals surface area contributed by atoms with Crippen molar-refractivity contribution >= 4 is 11.6 Å². The molecule has 2 aliphatic rings. The van der Waals surface area contributed by atoms with E-state index in [2.05, 4.69) is 34.5 Å². The lowest BCUT2D eigenvalue weighted by molar-refractivity contribution is -0.128. The maximum Gasteiger partial charge on any atom is 0.219 e. The molecule has 114 valence electrons. The minimum Gasteiger partial charge on any atom is -0.369 e. The van der Waals surface area contributed by atoms with Crippen molar-refractivity contribution in [2.24, 2.45) is 0 Å². The second kappa shape index (κ2) is 6.48. The topological polar surface area (TPSA) is 35.6 Å². The summed E-state index contributed by atoms with van der Waals surface area (Å²) in [6.07, 6.45) is 3.68. The molecule has 0 atom stereocenters. The molecule has 1 heterocycles. The van der Waals surface area contributed by atoms with E-state index in [1.54, 1.807) is 6.92 Å². The number of benzene rings is 1. The van der Waals surface area contributed by atoms with Crippen molar-refractivity contribution in [1.29, 1.82) is 0 Å². The molecule has 0 unspecified atom stereocenters. The van der Waals surface area contributed by atoms with Gasteiger partial charge in [-0.1, -0.05) is 18.2 Å². The van der Waals surface area contributed by atoms with Gasteiger partial charge in [0, 0.05) is 51.4 Å². The monoisotopic (exact) mass is 287 g/mol. The van der Waals surface area contributed by atoms with Gasteiger partial charge in [0.25, 0.3) is 0 Å². The summed E-state index contributed by atoms with van der Waals surface area (Å²) in [5, 5.41) is 3.60. The van der Waals surface area contributed by atoms with Crippen LogP contribution in [0.2, 0.25) is 0 Å². The number of carbonyl (C=O) groups excluding carboxylic acids is 1. The zero-order valence-corrected chi connectivity index (χ0v) is 12.8. The Hall–Kier alpha value is -1.55. The van der Waals surface area contributed by atoms with Gasteiger partial charge in [0.05, 0.1) is 0 Å². The molecular weight excluding hydrogens is 262 g/mol. The van der Waals surface area contributed by atoms with E-state index >= 15 is 0 Å². The number of amides is 1. The van der Waals surface area contributed by atoms with Gasteiger partial charge in [-0.3, -0.25) is 4.79 Å². The number of carbonyl (C=O) groups is 1. The molecule has 0 bridgehead atoms. The van der Waals surface area contributed by atoms with Crippen molar-refractivity contribution in [2.45, 2.75) is 38.8 Å². The van der Waals surface area contributed by atoms with E-state index in [1.165, 1.54) is 24.1 Å². The van der Waals surface area contributed by atoms with Crippen molar-refractivity contribution in [1.82, 2.24) is 10.2 Å². The highest BCUT2D eigenvalue weighted by Gasteiger charge is 2.22. The van der Waals surface area contributed by atoms with Crippen LogP contribution in [0.3, 0.4) is 0 Å². The fraction of sp³-hybridized carbons (Fsp3) is 0.588. The largest absolute Gasteiger partial charge is 0.369 e. The fourth-order valence-corrected chi connectivity index (χ4v) is 2.98. The maximum absolute atomic E-state index is 11.5. The van der Waals surface area contributed by atoms with E-state index in [-0.39, 0.29) is 5.91 Å². The van der Waals surface area contributed by atoms with Crippen LogP contribution in [0.1, 0.15) is 31.7 Å². The lowest BCUT2D eigenvalue weighted by atomic mass is 10.1. The zero-order chi connectivity index (χ0) is 14.7. The second-order valence-electron chi connectivity index (χ2n) is 6.13. The number of hydrogen-bond acceptors (Lipinski definition) is 3. The Morgan fingerprint density at radius 1 is 1.19 bits per heavy atom. The van der Waals surface area contributed by atoms with Gasteiger partial charge in [0.1, 0.15) is 0 Å². The Labute approximate surface area is 127 Å². The van der Waals surface area contributed by atoms with Gasteiger partial charge in [-0.25, -0.2) is 0 Å². The molecule has 3 rings (SSSR count). The summed E-state index contributed by atoms with van der Waals surface area (Å²) in [7, 11) is 0. The van der Waals surface area contributed by atoms with Gasteiger partial charge in [-0.15, -0.1) is 0 Å². The third-order valence-corrected chi connectivity index (χ3v) is 4.43. The highest BCUT2D eigenvalue weighted by molar-refractivity contribution is 5.73. The van der Waals surface area contributed by atoms with Crippen LogP contribution in [0.25, 0.3) is 0 Å². The summed E-state index contributed by atoms with van der Waals surface area (Å²) in [5.41, 5.74) is 2.71. The van der Waals surface area contributed by atoms with Gasteiger partial charge in [-0.05, 0) is 30.9 Å². The van der Waals surface area contributed by atoms with Crippen LogP contribution in [-0.2, 0) is 11.3 Å². The summed E-state index contributed by atoms with van der Waals surface area (Å²) in [4.78, 5) is 15.9. The molecule has 1 saturated heterocycles. The first-order valence-corrected chi connectivity index (χ1v) is 8.06. The van der Waals surface area contributed by atoms with Gasteiger partial charge in [0.15, 0.2) is 0 Å². The molecule has 21 heavy (non-hydrogen) atoms. The van der Waals surface area contributed by atoms with Gasteiger partial charge < -0.3 is 15.1 Å². The minimum absolute atomic E-state index is 0.195. The smallest absolute Gasteiger partial charge is 0.219 e. The molecule has 4 heteroatoms. The minimum atomic E-state index is 0.195. The number of para-hydroxylation sites is 1. The van der Waals surface area contributed by atoms with Crippen LogP contribution in [-0.4, -0.2) is 43.0 Å². The van der Waals surface area contributed by atoms with Crippen LogP contribution in [0, 0.1) is 0 Å². The summed E-state index contributed by atoms with van der Waals surface area (Å²) in [5.74, 6) is 0.195. The van der Waals surface area contributed by atoms with E-state index < -0.39 is 0 Å². The number of nitrogens with zero attached hydrogens (tertiary/aromatic N) is 2. The quantitative estimate of drug-likeness (QED) is 0.920. The molecule has 0 radical (unpaired) electrons. The molecule has 2 fully saturated rings. The molecule has 0 spiro atoms.